The number of nitrogens with one attached hydrogen (secondary N) is 1. The highest BCUT2D eigenvalue weighted by Crippen LogP contribution is 2.33. The van der Waals surface area contributed by atoms with Gasteiger partial charge in [-0.05, 0) is 32.9 Å². The lowest BCUT2D eigenvalue weighted by Crippen LogP contribution is -2.50. The first-order valence-corrected chi connectivity index (χ1v) is 7.36. The number of carbonyl (C=O) groups is 1. The van der Waals surface area contributed by atoms with Gasteiger partial charge >= 0.3 is 6.09 Å². The molecule has 5 nitrogen and oxygen atoms in total. The van der Waals surface area contributed by atoms with E-state index < -0.39 is 17.7 Å². The van der Waals surface area contributed by atoms with Gasteiger partial charge in [0.25, 0.3) is 0 Å². The monoisotopic (exact) mass is 310 g/mol. The molecule has 1 fully saturated rings. The van der Waals surface area contributed by atoms with E-state index in [0.717, 1.165) is 0 Å². The number of amides is 1. The molecule has 22 heavy (non-hydrogen) atoms. The number of carbonyl (C=O) groups excluding carboxylic acids is 1. The van der Waals surface area contributed by atoms with Gasteiger partial charge in [0.1, 0.15) is 17.2 Å². The van der Waals surface area contributed by atoms with E-state index in [1.807, 2.05) is 20.8 Å². The summed E-state index contributed by atoms with van der Waals surface area (Å²) in [7, 11) is 1.49. The van der Waals surface area contributed by atoms with Gasteiger partial charge in [0, 0.05) is 19.6 Å². The molecule has 1 aliphatic heterocycles. The Morgan fingerprint density at radius 1 is 1.41 bits per heavy atom. The highest BCUT2D eigenvalue weighted by molar-refractivity contribution is 5.69. The lowest BCUT2D eigenvalue weighted by molar-refractivity contribution is 0.0112. The Morgan fingerprint density at radius 3 is 2.77 bits per heavy atom. The van der Waals surface area contributed by atoms with Gasteiger partial charge in [0.05, 0.1) is 18.7 Å². The van der Waals surface area contributed by atoms with E-state index in [2.05, 4.69) is 5.32 Å². The Kier molecular flexibility index (Phi) is 4.90. The van der Waals surface area contributed by atoms with E-state index in [9.17, 15) is 9.18 Å². The first kappa shape index (κ1) is 16.5. The molecule has 122 valence electrons. The van der Waals surface area contributed by atoms with Crippen LogP contribution in [0.5, 0.6) is 5.75 Å². The summed E-state index contributed by atoms with van der Waals surface area (Å²) in [4.78, 5) is 14.0. The van der Waals surface area contributed by atoms with Crippen molar-refractivity contribution in [2.75, 3.05) is 26.7 Å². The highest BCUT2D eigenvalue weighted by atomic mass is 19.1. The molecule has 1 heterocycles. The number of benzene rings is 1. The highest BCUT2D eigenvalue weighted by Gasteiger charge is 2.34. The Bertz CT molecular complexity index is 543. The van der Waals surface area contributed by atoms with Crippen molar-refractivity contribution in [2.45, 2.75) is 32.4 Å². The van der Waals surface area contributed by atoms with Gasteiger partial charge in [-0.1, -0.05) is 6.07 Å². The number of ether oxygens (including phenoxy) is 2. The van der Waals surface area contributed by atoms with Crippen LogP contribution in [0.2, 0.25) is 0 Å². The van der Waals surface area contributed by atoms with Gasteiger partial charge in [0.15, 0.2) is 0 Å². The van der Waals surface area contributed by atoms with Crippen LogP contribution in [-0.2, 0) is 4.74 Å². The van der Waals surface area contributed by atoms with E-state index in [1.165, 1.54) is 13.2 Å². The molecule has 1 atom stereocenters. The molecule has 1 unspecified atom stereocenters. The summed E-state index contributed by atoms with van der Waals surface area (Å²) in [5.74, 6) is 0.0452. The van der Waals surface area contributed by atoms with Gasteiger partial charge in [-0.3, -0.25) is 4.90 Å². The lowest BCUT2D eigenvalue weighted by atomic mass is 10.0. The number of piperazine rings is 1. The fourth-order valence-electron chi connectivity index (χ4n) is 2.52. The van der Waals surface area contributed by atoms with Crippen molar-refractivity contribution in [3.63, 3.8) is 0 Å². The van der Waals surface area contributed by atoms with Crippen molar-refractivity contribution in [1.82, 2.24) is 10.2 Å². The van der Waals surface area contributed by atoms with Gasteiger partial charge in [-0.15, -0.1) is 0 Å². The first-order valence-electron chi connectivity index (χ1n) is 7.36. The minimum Gasteiger partial charge on any atom is -0.496 e. The molecule has 0 aromatic heterocycles. The van der Waals surface area contributed by atoms with Gasteiger partial charge in [-0.25, -0.2) is 9.18 Å². The maximum Gasteiger partial charge on any atom is 0.410 e. The molecule has 1 N–H and O–H groups in total. The molecule has 0 spiro atoms. The van der Waals surface area contributed by atoms with Gasteiger partial charge in [0.2, 0.25) is 0 Å². The molecular weight excluding hydrogens is 287 g/mol. The standard InChI is InChI=1S/C16H23FN2O3/c1-16(2,3)22-15(20)19-9-8-18-10-12(19)14-11(17)6-5-7-13(14)21-4/h5-7,12,18H,8-10H2,1-4H3. The van der Waals surface area contributed by atoms with Crippen LogP contribution in [0.25, 0.3) is 0 Å². The van der Waals surface area contributed by atoms with Crippen LogP contribution in [0.4, 0.5) is 9.18 Å². The van der Waals surface area contributed by atoms with Crippen LogP contribution >= 0.6 is 0 Å². The summed E-state index contributed by atoms with van der Waals surface area (Å²) in [5, 5.41) is 3.19. The third-order valence-corrected chi connectivity index (χ3v) is 3.44. The maximum absolute atomic E-state index is 14.3. The number of nitrogens with zero attached hydrogens (tertiary/aromatic N) is 1. The van der Waals surface area contributed by atoms with Crippen LogP contribution < -0.4 is 10.1 Å². The van der Waals surface area contributed by atoms with Crippen molar-refractivity contribution in [2.24, 2.45) is 0 Å². The Morgan fingerprint density at radius 2 is 2.14 bits per heavy atom. The predicted octanol–water partition coefficient (Wildman–Crippen LogP) is 2.72. The topological polar surface area (TPSA) is 50.8 Å². The van der Waals surface area contributed by atoms with Crippen molar-refractivity contribution >= 4 is 6.09 Å². The third kappa shape index (κ3) is 3.68. The van der Waals surface area contributed by atoms with E-state index >= 15 is 0 Å². The normalized spacial score (nSPS) is 19.0. The van der Waals surface area contributed by atoms with Crippen LogP contribution in [-0.4, -0.2) is 43.3 Å². The third-order valence-electron chi connectivity index (χ3n) is 3.44. The van der Waals surface area contributed by atoms with Crippen LogP contribution in [0.15, 0.2) is 18.2 Å². The molecule has 0 radical (unpaired) electrons. The minimum absolute atomic E-state index is 0.378. The maximum atomic E-state index is 14.3. The Balaban J connectivity index is 2.33. The summed E-state index contributed by atoms with van der Waals surface area (Å²) >= 11 is 0. The van der Waals surface area contributed by atoms with Crippen LogP contribution in [0, 0.1) is 5.82 Å². The molecule has 2 rings (SSSR count). The van der Waals surface area contributed by atoms with E-state index in [4.69, 9.17) is 9.47 Å². The lowest BCUT2D eigenvalue weighted by Gasteiger charge is -2.37. The first-order chi connectivity index (χ1) is 10.3. The summed E-state index contributed by atoms with van der Waals surface area (Å²) in [6, 6.07) is 4.20. The molecule has 0 saturated carbocycles. The smallest absolute Gasteiger partial charge is 0.410 e. The molecule has 1 saturated heterocycles. The molecule has 1 amide bonds. The molecule has 0 bridgehead atoms. The second-order valence-electron chi connectivity index (χ2n) is 6.25. The number of hydrogen-bond donors (Lipinski definition) is 1. The number of methoxy groups -OCH3 is 1. The molecular formula is C16H23FN2O3. The van der Waals surface area contributed by atoms with Crippen molar-refractivity contribution in [1.29, 1.82) is 0 Å². The van der Waals surface area contributed by atoms with Gasteiger partial charge in [-0.2, -0.15) is 0 Å². The summed E-state index contributed by atoms with van der Waals surface area (Å²) in [5.41, 5.74) is -0.214. The van der Waals surface area contributed by atoms with E-state index in [0.29, 0.717) is 30.9 Å². The van der Waals surface area contributed by atoms with E-state index in [1.54, 1.807) is 17.0 Å². The zero-order chi connectivity index (χ0) is 16.3. The fraction of sp³-hybridized carbons (Fsp3) is 0.562. The molecule has 0 aliphatic carbocycles. The second-order valence-corrected chi connectivity index (χ2v) is 6.25. The largest absolute Gasteiger partial charge is 0.496 e. The Hall–Kier alpha value is -1.82. The summed E-state index contributed by atoms with van der Waals surface area (Å²) in [6.07, 6.45) is -0.440. The van der Waals surface area contributed by atoms with Crippen molar-refractivity contribution in [3.8, 4) is 5.75 Å². The summed E-state index contributed by atoms with van der Waals surface area (Å²) in [6.45, 7) is 6.99. The Labute approximate surface area is 130 Å². The second kappa shape index (κ2) is 6.52. The molecule has 6 heteroatoms. The van der Waals surface area contributed by atoms with Crippen LogP contribution in [0.1, 0.15) is 32.4 Å². The predicted molar refractivity (Wildman–Crippen MR) is 81.5 cm³/mol. The van der Waals surface area contributed by atoms with Crippen molar-refractivity contribution in [3.05, 3.63) is 29.6 Å². The molecule has 1 aliphatic rings. The summed E-state index contributed by atoms with van der Waals surface area (Å²) < 4.78 is 25.0. The van der Waals surface area contributed by atoms with Crippen molar-refractivity contribution < 1.29 is 18.7 Å². The van der Waals surface area contributed by atoms with Crippen LogP contribution in [0.3, 0.4) is 0 Å². The van der Waals surface area contributed by atoms with E-state index in [-0.39, 0.29) is 5.82 Å². The molecule has 1 aromatic rings. The SMILES string of the molecule is COc1cccc(F)c1C1CNCCN1C(=O)OC(C)(C)C. The number of hydrogen-bond acceptors (Lipinski definition) is 4. The zero-order valence-electron chi connectivity index (χ0n) is 13.5. The minimum atomic E-state index is -0.591. The number of halogens is 1. The fourth-order valence-corrected chi connectivity index (χ4v) is 2.52. The average Bonchev–Trinajstić information content (AvgIpc) is 2.45. The van der Waals surface area contributed by atoms with Gasteiger partial charge < -0.3 is 14.8 Å². The quantitative estimate of drug-likeness (QED) is 0.912. The average molecular weight is 310 g/mol. The molecule has 1 aromatic carbocycles. The number of rotatable bonds is 2. The zero-order valence-corrected chi connectivity index (χ0v) is 13.5.